The van der Waals surface area contributed by atoms with Gasteiger partial charge in [-0.15, -0.1) is 0 Å². The predicted octanol–water partition coefficient (Wildman–Crippen LogP) is 5.55. The average molecular weight is 468 g/mol. The Hall–Kier alpha value is -2.28. The summed E-state index contributed by atoms with van der Waals surface area (Å²) in [5, 5.41) is 12.9. The van der Waals surface area contributed by atoms with Gasteiger partial charge in [0.2, 0.25) is 0 Å². The minimum absolute atomic E-state index is 0.159. The third-order valence-electron chi connectivity index (χ3n) is 6.69. The lowest BCUT2D eigenvalue weighted by atomic mass is 9.80. The predicted molar refractivity (Wildman–Crippen MR) is 130 cm³/mol. The van der Waals surface area contributed by atoms with Crippen LogP contribution in [0.5, 0.6) is 5.75 Å². The molecule has 0 unspecified atom stereocenters. The molecule has 3 heterocycles. The van der Waals surface area contributed by atoms with Crippen molar-refractivity contribution in [3.8, 4) is 16.9 Å². The highest BCUT2D eigenvalue weighted by Crippen LogP contribution is 2.51. The van der Waals surface area contributed by atoms with E-state index in [1.54, 1.807) is 7.11 Å². The molecule has 2 aromatic carbocycles. The molecule has 0 spiro atoms. The number of methoxy groups -OCH3 is 1. The quantitative estimate of drug-likeness (QED) is 0.302. The summed E-state index contributed by atoms with van der Waals surface area (Å²) in [6.45, 7) is 0. The third kappa shape index (κ3) is 3.64. The van der Waals surface area contributed by atoms with Crippen LogP contribution in [-0.4, -0.2) is 40.5 Å². The molecule has 2 bridgehead atoms. The minimum Gasteiger partial charge on any atom is -0.496 e. The molecule has 32 heavy (non-hydrogen) atoms. The van der Waals surface area contributed by atoms with Gasteiger partial charge in [0.05, 0.1) is 18.3 Å². The van der Waals surface area contributed by atoms with E-state index in [4.69, 9.17) is 21.3 Å². The highest BCUT2D eigenvalue weighted by Gasteiger charge is 2.50. The summed E-state index contributed by atoms with van der Waals surface area (Å²) < 4.78 is 5.57. The summed E-state index contributed by atoms with van der Waals surface area (Å²) in [4.78, 5) is 11.8. The van der Waals surface area contributed by atoms with Gasteiger partial charge in [-0.05, 0) is 30.7 Å². The van der Waals surface area contributed by atoms with Crippen molar-refractivity contribution >= 4 is 29.2 Å². The van der Waals surface area contributed by atoms with Gasteiger partial charge in [-0.25, -0.2) is 9.97 Å². The molecule has 1 N–H and O–H groups in total. The van der Waals surface area contributed by atoms with Gasteiger partial charge in [0.25, 0.3) is 0 Å². The number of aliphatic hydroxyl groups is 1. The van der Waals surface area contributed by atoms with Crippen LogP contribution < -0.4 is 9.64 Å². The molecule has 0 radical (unpaired) electrons. The van der Waals surface area contributed by atoms with Crippen LogP contribution in [0, 0.1) is 0 Å². The van der Waals surface area contributed by atoms with Crippen molar-refractivity contribution in [2.75, 3.05) is 18.3 Å². The van der Waals surface area contributed by atoms with Gasteiger partial charge >= 0.3 is 0 Å². The molecule has 2 aliphatic rings. The zero-order chi connectivity index (χ0) is 22.3. The van der Waals surface area contributed by atoms with E-state index in [0.29, 0.717) is 23.2 Å². The topological polar surface area (TPSA) is 58.5 Å². The minimum atomic E-state index is -0.930. The lowest BCUT2D eigenvalue weighted by molar-refractivity contribution is -0.00508. The number of aromatic nitrogens is 2. The zero-order valence-corrected chi connectivity index (χ0v) is 19.7. The van der Waals surface area contributed by atoms with E-state index in [2.05, 4.69) is 9.88 Å². The Morgan fingerprint density at radius 1 is 1.03 bits per heavy atom. The highest BCUT2D eigenvalue weighted by atomic mass is 35.5. The molecule has 5 rings (SSSR count). The van der Waals surface area contributed by atoms with Crippen molar-refractivity contribution in [2.24, 2.45) is 0 Å². The molecule has 0 aliphatic carbocycles. The summed E-state index contributed by atoms with van der Waals surface area (Å²) in [5.41, 5.74) is 1.81. The summed E-state index contributed by atoms with van der Waals surface area (Å²) >= 11 is 8.21. The molecule has 2 aliphatic heterocycles. The second kappa shape index (κ2) is 8.58. The van der Waals surface area contributed by atoms with Crippen LogP contribution in [-0.2, 0) is 5.60 Å². The Labute approximate surface area is 197 Å². The number of hydrogen-bond donors (Lipinski definition) is 1. The van der Waals surface area contributed by atoms with Crippen molar-refractivity contribution in [1.29, 1.82) is 0 Å². The maximum absolute atomic E-state index is 11.8. The number of anilines is 1. The molecule has 0 amide bonds. The Kier molecular flexibility index (Phi) is 5.78. The van der Waals surface area contributed by atoms with Crippen molar-refractivity contribution in [3.05, 3.63) is 65.3 Å². The maximum atomic E-state index is 11.8. The maximum Gasteiger partial charge on any atom is 0.190 e. The van der Waals surface area contributed by atoms with Crippen LogP contribution in [0.3, 0.4) is 0 Å². The van der Waals surface area contributed by atoms with E-state index in [-0.39, 0.29) is 12.1 Å². The number of hydrogen-bond acceptors (Lipinski definition) is 6. The summed E-state index contributed by atoms with van der Waals surface area (Å²) in [6.07, 6.45) is 5.21. The second-order valence-corrected chi connectivity index (χ2v) is 9.63. The average Bonchev–Trinajstić information content (AvgIpc) is 3.10. The number of nitrogens with zero attached hydrogens (tertiary/aromatic N) is 3. The largest absolute Gasteiger partial charge is 0.496 e. The number of benzene rings is 2. The normalized spacial score (nSPS) is 24.6. The number of para-hydroxylation sites is 1. The molecule has 3 aromatic rings. The fourth-order valence-corrected chi connectivity index (χ4v) is 6.04. The lowest BCUT2D eigenvalue weighted by Crippen LogP contribution is -2.50. The van der Waals surface area contributed by atoms with E-state index in [1.165, 1.54) is 11.8 Å². The first kappa shape index (κ1) is 21.6. The van der Waals surface area contributed by atoms with Crippen LogP contribution in [0.15, 0.2) is 59.8 Å². The number of thioether (sulfide) groups is 1. The lowest BCUT2D eigenvalue weighted by Gasteiger charge is -2.45. The third-order valence-corrected chi connectivity index (χ3v) is 7.51. The van der Waals surface area contributed by atoms with Gasteiger partial charge in [0.15, 0.2) is 5.16 Å². The molecule has 0 saturated carbocycles. The first-order valence-corrected chi connectivity index (χ1v) is 12.5. The molecular formula is C25H26ClN3O2S. The summed E-state index contributed by atoms with van der Waals surface area (Å²) in [5.74, 6) is 1.61. The van der Waals surface area contributed by atoms with Gasteiger partial charge in [-0.3, -0.25) is 0 Å². The van der Waals surface area contributed by atoms with Crippen molar-refractivity contribution in [1.82, 2.24) is 9.97 Å². The van der Waals surface area contributed by atoms with E-state index in [1.807, 2.05) is 60.9 Å². The van der Waals surface area contributed by atoms with Gasteiger partial charge in [-0.1, -0.05) is 71.9 Å². The smallest absolute Gasteiger partial charge is 0.190 e. The van der Waals surface area contributed by atoms with Crippen LogP contribution in [0.25, 0.3) is 11.1 Å². The van der Waals surface area contributed by atoms with Crippen LogP contribution in [0.4, 0.5) is 5.82 Å². The monoisotopic (exact) mass is 467 g/mol. The van der Waals surface area contributed by atoms with E-state index >= 15 is 0 Å². The van der Waals surface area contributed by atoms with Crippen molar-refractivity contribution in [3.63, 3.8) is 0 Å². The fraction of sp³-hybridized carbons (Fsp3) is 0.360. The SMILES string of the molecule is COc1ccccc1C1(O)C[C@H]2CC[C@H](C1)N2c1nc(SC)nc(Cl)c1-c1ccccc1. The summed E-state index contributed by atoms with van der Waals surface area (Å²) in [7, 11) is 1.66. The van der Waals surface area contributed by atoms with Crippen LogP contribution >= 0.6 is 23.4 Å². The van der Waals surface area contributed by atoms with Gasteiger partial charge in [0.1, 0.15) is 16.7 Å². The van der Waals surface area contributed by atoms with Gasteiger partial charge in [0, 0.05) is 30.5 Å². The zero-order valence-electron chi connectivity index (χ0n) is 18.2. The second-order valence-electron chi connectivity index (χ2n) is 8.50. The first-order chi connectivity index (χ1) is 15.5. The number of piperidine rings is 1. The van der Waals surface area contributed by atoms with Crippen molar-refractivity contribution in [2.45, 2.75) is 48.5 Å². The molecule has 2 fully saturated rings. The van der Waals surface area contributed by atoms with Crippen LogP contribution in [0.2, 0.25) is 5.15 Å². The summed E-state index contributed by atoms with van der Waals surface area (Å²) in [6, 6.07) is 18.2. The number of halogens is 1. The van der Waals surface area contributed by atoms with E-state index < -0.39 is 5.60 Å². The number of ether oxygens (including phenoxy) is 1. The standard InChI is InChI=1S/C25H26ClN3O2S/c1-31-20-11-7-6-10-19(20)25(30)14-17-12-13-18(15-25)29(17)23-21(16-8-4-3-5-9-16)22(26)27-24(28-23)32-2/h3-11,17-18,30H,12-15H2,1-2H3/t17-,18-/m1/s1. The molecule has 1 aromatic heterocycles. The Morgan fingerprint density at radius 2 is 1.69 bits per heavy atom. The first-order valence-electron chi connectivity index (χ1n) is 10.8. The molecule has 166 valence electrons. The number of fused-ring (bicyclic) bond motifs is 2. The Bertz CT molecular complexity index is 1110. The molecule has 5 nitrogen and oxygen atoms in total. The molecule has 2 atom stereocenters. The van der Waals surface area contributed by atoms with Gasteiger partial charge < -0.3 is 14.7 Å². The molecule has 2 saturated heterocycles. The Morgan fingerprint density at radius 3 is 2.34 bits per heavy atom. The van der Waals surface area contributed by atoms with Crippen LogP contribution in [0.1, 0.15) is 31.2 Å². The van der Waals surface area contributed by atoms with E-state index in [9.17, 15) is 5.11 Å². The number of rotatable bonds is 5. The van der Waals surface area contributed by atoms with Gasteiger partial charge in [-0.2, -0.15) is 0 Å². The Balaban J connectivity index is 1.58. The van der Waals surface area contributed by atoms with Crippen molar-refractivity contribution < 1.29 is 9.84 Å². The van der Waals surface area contributed by atoms with E-state index in [0.717, 1.165) is 41.1 Å². The fourth-order valence-electron chi connectivity index (χ4n) is 5.35. The molecule has 7 heteroatoms. The molecular weight excluding hydrogens is 442 g/mol. The highest BCUT2D eigenvalue weighted by molar-refractivity contribution is 7.98.